The van der Waals surface area contributed by atoms with Crippen molar-refractivity contribution in [3.63, 3.8) is 0 Å². The SMILES string of the molecule is CCCNCC1CCN(Cc2cccc(OC)c2)CC1. The van der Waals surface area contributed by atoms with E-state index in [9.17, 15) is 0 Å². The maximum absolute atomic E-state index is 5.29. The van der Waals surface area contributed by atoms with E-state index in [-0.39, 0.29) is 0 Å². The minimum atomic E-state index is 0.864. The number of rotatable bonds is 7. The minimum absolute atomic E-state index is 0.864. The molecule has 0 atom stereocenters. The van der Waals surface area contributed by atoms with Crippen molar-refractivity contribution in [1.82, 2.24) is 10.2 Å². The molecule has 0 unspecified atom stereocenters. The van der Waals surface area contributed by atoms with Gasteiger partial charge >= 0.3 is 0 Å². The van der Waals surface area contributed by atoms with E-state index >= 15 is 0 Å². The summed E-state index contributed by atoms with van der Waals surface area (Å²) < 4.78 is 5.29. The van der Waals surface area contributed by atoms with Crippen molar-refractivity contribution < 1.29 is 4.74 Å². The van der Waals surface area contributed by atoms with E-state index in [4.69, 9.17) is 4.74 Å². The number of piperidine rings is 1. The summed E-state index contributed by atoms with van der Waals surface area (Å²) in [4.78, 5) is 2.56. The first-order chi connectivity index (χ1) is 9.81. The number of likely N-dealkylation sites (tertiary alicyclic amines) is 1. The van der Waals surface area contributed by atoms with E-state index in [1.54, 1.807) is 7.11 Å². The second-order valence-corrected chi connectivity index (χ2v) is 5.78. The highest BCUT2D eigenvalue weighted by Gasteiger charge is 2.18. The van der Waals surface area contributed by atoms with E-state index in [1.165, 1.54) is 44.5 Å². The molecule has 1 fully saturated rings. The van der Waals surface area contributed by atoms with Gasteiger partial charge in [0.15, 0.2) is 0 Å². The van der Waals surface area contributed by atoms with Crippen molar-refractivity contribution in [2.24, 2.45) is 5.92 Å². The van der Waals surface area contributed by atoms with Gasteiger partial charge in [0.1, 0.15) is 5.75 Å². The molecule has 3 nitrogen and oxygen atoms in total. The van der Waals surface area contributed by atoms with Gasteiger partial charge in [-0.15, -0.1) is 0 Å². The Labute approximate surface area is 123 Å². The van der Waals surface area contributed by atoms with Gasteiger partial charge in [-0.3, -0.25) is 4.90 Å². The van der Waals surface area contributed by atoms with Gasteiger partial charge in [0.05, 0.1) is 7.11 Å². The van der Waals surface area contributed by atoms with Gasteiger partial charge in [-0.05, 0) is 69.1 Å². The molecule has 1 aliphatic heterocycles. The summed E-state index contributed by atoms with van der Waals surface area (Å²) in [6, 6.07) is 8.43. The summed E-state index contributed by atoms with van der Waals surface area (Å²) in [5, 5.41) is 3.55. The van der Waals surface area contributed by atoms with Crippen LogP contribution in [0.3, 0.4) is 0 Å². The van der Waals surface area contributed by atoms with Crippen molar-refractivity contribution in [2.75, 3.05) is 33.3 Å². The maximum atomic E-state index is 5.29. The summed E-state index contributed by atoms with van der Waals surface area (Å²) in [6.45, 7) is 8.06. The van der Waals surface area contributed by atoms with E-state index in [2.05, 4.69) is 35.3 Å². The highest BCUT2D eigenvalue weighted by Crippen LogP contribution is 2.20. The van der Waals surface area contributed by atoms with E-state index in [0.29, 0.717) is 0 Å². The van der Waals surface area contributed by atoms with Gasteiger partial charge in [-0.2, -0.15) is 0 Å². The van der Waals surface area contributed by atoms with Gasteiger partial charge in [0.25, 0.3) is 0 Å². The van der Waals surface area contributed by atoms with Gasteiger partial charge in [0.2, 0.25) is 0 Å². The predicted octanol–water partition coefficient (Wildman–Crippen LogP) is 2.91. The number of hydrogen-bond donors (Lipinski definition) is 1. The molecule has 1 heterocycles. The molecule has 0 aliphatic carbocycles. The third kappa shape index (κ3) is 4.80. The fraction of sp³-hybridized carbons (Fsp3) is 0.647. The third-order valence-corrected chi connectivity index (χ3v) is 4.11. The number of benzene rings is 1. The number of hydrogen-bond acceptors (Lipinski definition) is 3. The largest absolute Gasteiger partial charge is 0.497 e. The van der Waals surface area contributed by atoms with Crippen LogP contribution in [0, 0.1) is 5.92 Å². The smallest absolute Gasteiger partial charge is 0.119 e. The summed E-state index contributed by atoms with van der Waals surface area (Å²) >= 11 is 0. The number of nitrogens with one attached hydrogen (secondary N) is 1. The van der Waals surface area contributed by atoms with Crippen molar-refractivity contribution in [2.45, 2.75) is 32.7 Å². The lowest BCUT2D eigenvalue weighted by molar-refractivity contribution is 0.175. The maximum Gasteiger partial charge on any atom is 0.119 e. The molecule has 1 N–H and O–H groups in total. The average molecular weight is 276 g/mol. The quantitative estimate of drug-likeness (QED) is 0.775. The second-order valence-electron chi connectivity index (χ2n) is 5.78. The lowest BCUT2D eigenvalue weighted by atomic mass is 9.96. The molecular formula is C17H28N2O. The molecule has 0 amide bonds. The first kappa shape index (κ1) is 15.3. The van der Waals surface area contributed by atoms with Crippen LogP contribution in [0.15, 0.2) is 24.3 Å². The van der Waals surface area contributed by atoms with Crippen molar-refractivity contribution in [3.05, 3.63) is 29.8 Å². The van der Waals surface area contributed by atoms with Crippen LogP contribution in [0.25, 0.3) is 0 Å². The van der Waals surface area contributed by atoms with Crippen molar-refractivity contribution in [3.8, 4) is 5.75 Å². The van der Waals surface area contributed by atoms with Crippen LogP contribution in [-0.2, 0) is 6.54 Å². The molecule has 0 saturated carbocycles. The Hall–Kier alpha value is -1.06. The fourth-order valence-electron chi connectivity index (χ4n) is 2.86. The Kier molecular flexibility index (Phi) is 6.34. The Morgan fingerprint density at radius 2 is 2.10 bits per heavy atom. The molecule has 1 aromatic rings. The minimum Gasteiger partial charge on any atom is -0.497 e. The topological polar surface area (TPSA) is 24.5 Å². The zero-order chi connectivity index (χ0) is 14.2. The molecule has 1 aliphatic rings. The van der Waals surface area contributed by atoms with Crippen LogP contribution in [0.2, 0.25) is 0 Å². The monoisotopic (exact) mass is 276 g/mol. The zero-order valence-electron chi connectivity index (χ0n) is 12.9. The molecule has 0 radical (unpaired) electrons. The summed E-state index contributed by atoms with van der Waals surface area (Å²) in [6.07, 6.45) is 3.87. The number of ether oxygens (including phenoxy) is 1. The first-order valence-electron chi connectivity index (χ1n) is 7.87. The first-order valence-corrected chi connectivity index (χ1v) is 7.87. The Balaban J connectivity index is 1.73. The molecule has 0 bridgehead atoms. The second kappa shape index (κ2) is 8.28. The van der Waals surface area contributed by atoms with E-state index in [0.717, 1.165) is 24.8 Å². The summed E-state index contributed by atoms with van der Waals surface area (Å²) in [5.74, 6) is 1.82. The van der Waals surface area contributed by atoms with Crippen LogP contribution in [0.5, 0.6) is 5.75 Å². The molecule has 1 aromatic carbocycles. The van der Waals surface area contributed by atoms with Gasteiger partial charge in [-0.25, -0.2) is 0 Å². The van der Waals surface area contributed by atoms with Gasteiger partial charge in [0, 0.05) is 6.54 Å². The van der Waals surface area contributed by atoms with Crippen molar-refractivity contribution >= 4 is 0 Å². The van der Waals surface area contributed by atoms with Crippen LogP contribution in [0.1, 0.15) is 31.7 Å². The van der Waals surface area contributed by atoms with Crippen molar-refractivity contribution in [1.29, 1.82) is 0 Å². The normalized spacial score (nSPS) is 17.3. The molecule has 0 spiro atoms. The highest BCUT2D eigenvalue weighted by molar-refractivity contribution is 5.28. The average Bonchev–Trinajstić information content (AvgIpc) is 2.49. The van der Waals surface area contributed by atoms with Crippen LogP contribution >= 0.6 is 0 Å². The van der Waals surface area contributed by atoms with E-state index < -0.39 is 0 Å². The van der Waals surface area contributed by atoms with Gasteiger partial charge < -0.3 is 10.1 Å². The third-order valence-electron chi connectivity index (χ3n) is 4.11. The molecule has 0 aromatic heterocycles. The fourth-order valence-corrected chi connectivity index (χ4v) is 2.86. The highest BCUT2D eigenvalue weighted by atomic mass is 16.5. The Morgan fingerprint density at radius 3 is 2.80 bits per heavy atom. The van der Waals surface area contributed by atoms with Crippen LogP contribution in [-0.4, -0.2) is 38.2 Å². The number of nitrogens with zero attached hydrogens (tertiary/aromatic N) is 1. The molecule has 112 valence electrons. The standard InChI is InChI=1S/C17H28N2O/c1-3-9-18-13-15-7-10-19(11-8-15)14-16-5-4-6-17(12-16)20-2/h4-6,12,15,18H,3,7-11,13-14H2,1-2H3. The molecule has 1 saturated heterocycles. The molecule has 3 heteroatoms. The summed E-state index contributed by atoms with van der Waals surface area (Å²) in [5.41, 5.74) is 1.35. The Morgan fingerprint density at radius 1 is 1.30 bits per heavy atom. The molecule has 20 heavy (non-hydrogen) atoms. The number of methoxy groups -OCH3 is 1. The Bertz CT molecular complexity index is 386. The molecular weight excluding hydrogens is 248 g/mol. The lowest BCUT2D eigenvalue weighted by Gasteiger charge is -2.32. The molecule has 2 rings (SSSR count). The lowest BCUT2D eigenvalue weighted by Crippen LogP contribution is -2.37. The zero-order valence-corrected chi connectivity index (χ0v) is 12.9. The summed E-state index contributed by atoms with van der Waals surface area (Å²) in [7, 11) is 1.73. The van der Waals surface area contributed by atoms with Crippen LogP contribution in [0.4, 0.5) is 0 Å². The van der Waals surface area contributed by atoms with E-state index in [1.807, 2.05) is 6.07 Å². The predicted molar refractivity (Wildman–Crippen MR) is 84.2 cm³/mol. The van der Waals surface area contributed by atoms with Gasteiger partial charge in [-0.1, -0.05) is 19.1 Å². The van der Waals surface area contributed by atoms with Crippen LogP contribution < -0.4 is 10.1 Å².